The molecule has 0 saturated heterocycles. The molecule has 0 aliphatic heterocycles. The van der Waals surface area contributed by atoms with Gasteiger partial charge in [-0.2, -0.15) is 0 Å². The van der Waals surface area contributed by atoms with Crippen molar-refractivity contribution in [3.05, 3.63) is 36.0 Å². The molecule has 134 valence electrons. The van der Waals surface area contributed by atoms with Crippen molar-refractivity contribution in [2.24, 2.45) is 5.14 Å². The first-order valence-electron chi connectivity index (χ1n) is 8.45. The summed E-state index contributed by atoms with van der Waals surface area (Å²) in [6, 6.07) is 8.36. The molecule has 0 aliphatic carbocycles. The highest BCUT2D eigenvalue weighted by atomic mass is 32.2. The first-order chi connectivity index (χ1) is 12.0. The van der Waals surface area contributed by atoms with E-state index in [9.17, 15) is 8.42 Å². The van der Waals surface area contributed by atoms with Crippen molar-refractivity contribution < 1.29 is 8.42 Å². The number of aryl methyl sites for hydroxylation is 1. The van der Waals surface area contributed by atoms with Gasteiger partial charge in [-0.05, 0) is 18.4 Å². The van der Waals surface area contributed by atoms with Gasteiger partial charge >= 0.3 is 0 Å². The highest BCUT2D eigenvalue weighted by Gasteiger charge is 2.17. The fourth-order valence-corrected chi connectivity index (χ4v) is 4.22. The average molecular weight is 379 g/mol. The zero-order valence-electron chi connectivity index (χ0n) is 14.2. The van der Waals surface area contributed by atoms with Crippen LogP contribution in [0.5, 0.6) is 0 Å². The lowest BCUT2D eigenvalue weighted by Gasteiger charge is -2.03. The second-order valence-corrected chi connectivity index (χ2v) is 8.82. The molecule has 2 heterocycles. The predicted octanol–water partition coefficient (Wildman–Crippen LogP) is 3.62. The lowest BCUT2D eigenvalue weighted by atomic mass is 10.0. The second kappa shape index (κ2) is 7.63. The van der Waals surface area contributed by atoms with Gasteiger partial charge in [-0.1, -0.05) is 68.2 Å². The summed E-state index contributed by atoms with van der Waals surface area (Å²) < 4.78 is 24.0. The molecule has 6 nitrogen and oxygen atoms in total. The molecule has 0 atom stereocenters. The minimum atomic E-state index is -3.79. The standard InChI is InChI=1S/C17H22N4O2S2/c1-2-3-4-5-6-7-13-8-10-14(11-9-13)15-12-21-16(19-15)24-17(20-21)25(18,22)23/h8-12H,2-7H2,1H3,(H2,18,22,23). The number of primary sulfonamides is 1. The summed E-state index contributed by atoms with van der Waals surface area (Å²) in [5, 5.41) is 9.06. The van der Waals surface area contributed by atoms with Crippen LogP contribution in [0.3, 0.4) is 0 Å². The lowest BCUT2D eigenvalue weighted by Crippen LogP contribution is -2.12. The van der Waals surface area contributed by atoms with Crippen molar-refractivity contribution in [2.75, 3.05) is 0 Å². The molecular weight excluding hydrogens is 356 g/mol. The van der Waals surface area contributed by atoms with Crippen LogP contribution >= 0.6 is 11.3 Å². The Bertz CT molecular complexity index is 911. The van der Waals surface area contributed by atoms with Crippen molar-refractivity contribution in [3.8, 4) is 11.3 Å². The summed E-state index contributed by atoms with van der Waals surface area (Å²) >= 11 is 0.968. The number of unbranched alkanes of at least 4 members (excludes halogenated alkanes) is 4. The molecule has 0 fully saturated rings. The number of fused-ring (bicyclic) bond motifs is 1. The number of nitrogens with zero attached hydrogens (tertiary/aromatic N) is 3. The molecule has 25 heavy (non-hydrogen) atoms. The van der Waals surface area contributed by atoms with Gasteiger partial charge in [0.25, 0.3) is 10.0 Å². The van der Waals surface area contributed by atoms with Crippen LogP contribution in [0.15, 0.2) is 34.8 Å². The molecule has 0 spiro atoms. The summed E-state index contributed by atoms with van der Waals surface area (Å²) in [5.74, 6) is 0. The highest BCUT2D eigenvalue weighted by Crippen LogP contribution is 2.24. The summed E-state index contributed by atoms with van der Waals surface area (Å²) in [4.78, 5) is 4.95. The van der Waals surface area contributed by atoms with Crippen LogP contribution in [-0.4, -0.2) is 23.0 Å². The Labute approximate surface area is 151 Å². The quantitative estimate of drug-likeness (QED) is 0.606. The third-order valence-corrected chi connectivity index (χ3v) is 6.32. The van der Waals surface area contributed by atoms with Crippen LogP contribution in [0, 0.1) is 0 Å². The third kappa shape index (κ3) is 4.45. The molecule has 2 N–H and O–H groups in total. The molecular formula is C17H22N4O2S2. The Hall–Kier alpha value is -1.77. The molecule has 0 aliphatic rings. The average Bonchev–Trinajstić information content (AvgIpc) is 3.14. The van der Waals surface area contributed by atoms with Crippen LogP contribution < -0.4 is 5.14 Å². The van der Waals surface area contributed by atoms with Crippen LogP contribution in [0.4, 0.5) is 0 Å². The Morgan fingerprint density at radius 3 is 2.48 bits per heavy atom. The number of nitrogens with two attached hydrogens (primary N) is 1. The van der Waals surface area contributed by atoms with E-state index in [1.807, 2.05) is 0 Å². The summed E-state index contributed by atoms with van der Waals surface area (Å²) in [5.41, 5.74) is 3.09. The number of imidazole rings is 1. The number of hydrogen-bond donors (Lipinski definition) is 1. The van der Waals surface area contributed by atoms with Gasteiger partial charge in [-0.15, -0.1) is 5.10 Å². The molecule has 0 saturated carbocycles. The maximum atomic E-state index is 11.3. The molecule has 8 heteroatoms. The largest absolute Gasteiger partial charge is 0.267 e. The Morgan fingerprint density at radius 1 is 1.12 bits per heavy atom. The summed E-state index contributed by atoms with van der Waals surface area (Å²) in [7, 11) is -3.79. The van der Waals surface area contributed by atoms with Gasteiger partial charge in [0, 0.05) is 5.56 Å². The molecule has 2 aromatic heterocycles. The van der Waals surface area contributed by atoms with E-state index in [4.69, 9.17) is 5.14 Å². The van der Waals surface area contributed by atoms with E-state index in [-0.39, 0.29) is 4.34 Å². The first kappa shape index (κ1) is 18.0. The molecule has 0 unspecified atom stereocenters. The van der Waals surface area contributed by atoms with E-state index in [0.717, 1.165) is 29.0 Å². The van der Waals surface area contributed by atoms with Crippen LogP contribution in [0.2, 0.25) is 0 Å². The highest BCUT2D eigenvalue weighted by molar-refractivity contribution is 7.91. The van der Waals surface area contributed by atoms with Crippen molar-refractivity contribution in [2.45, 2.75) is 49.8 Å². The smallest absolute Gasteiger partial charge is 0.223 e. The van der Waals surface area contributed by atoms with E-state index >= 15 is 0 Å². The Morgan fingerprint density at radius 2 is 1.84 bits per heavy atom. The monoisotopic (exact) mass is 378 g/mol. The second-order valence-electron chi connectivity index (χ2n) is 6.13. The Balaban J connectivity index is 1.67. The molecule has 3 aromatic rings. The van der Waals surface area contributed by atoms with E-state index in [0.29, 0.717) is 4.96 Å². The van der Waals surface area contributed by atoms with E-state index < -0.39 is 10.0 Å². The fraction of sp³-hybridized carbons (Fsp3) is 0.412. The van der Waals surface area contributed by atoms with Gasteiger partial charge < -0.3 is 0 Å². The summed E-state index contributed by atoms with van der Waals surface area (Å²) in [6.07, 6.45) is 9.22. The first-order valence-corrected chi connectivity index (χ1v) is 10.8. The number of aromatic nitrogens is 3. The lowest BCUT2D eigenvalue weighted by molar-refractivity contribution is 0.595. The fourth-order valence-electron chi connectivity index (χ4n) is 2.71. The minimum Gasteiger partial charge on any atom is -0.223 e. The van der Waals surface area contributed by atoms with Crippen LogP contribution in [0.1, 0.15) is 44.6 Å². The molecule has 0 bridgehead atoms. The van der Waals surface area contributed by atoms with Crippen molar-refractivity contribution >= 4 is 26.3 Å². The van der Waals surface area contributed by atoms with E-state index in [2.05, 4.69) is 41.3 Å². The number of benzene rings is 1. The number of hydrogen-bond acceptors (Lipinski definition) is 5. The van der Waals surface area contributed by atoms with Crippen molar-refractivity contribution in [1.29, 1.82) is 0 Å². The SMILES string of the molecule is CCCCCCCc1ccc(-c2cn3nc(S(N)(=O)=O)sc3n2)cc1. The van der Waals surface area contributed by atoms with Crippen LogP contribution in [0.25, 0.3) is 16.2 Å². The molecule has 0 amide bonds. The Kier molecular flexibility index (Phi) is 5.51. The number of sulfonamides is 1. The third-order valence-electron chi connectivity index (χ3n) is 4.09. The summed E-state index contributed by atoms with van der Waals surface area (Å²) in [6.45, 7) is 2.23. The van der Waals surface area contributed by atoms with Gasteiger partial charge in [0.2, 0.25) is 9.30 Å². The molecule has 3 rings (SSSR count). The van der Waals surface area contributed by atoms with E-state index in [1.165, 1.54) is 42.2 Å². The van der Waals surface area contributed by atoms with Gasteiger partial charge in [-0.3, -0.25) is 0 Å². The van der Waals surface area contributed by atoms with Gasteiger partial charge in [0.15, 0.2) is 0 Å². The van der Waals surface area contributed by atoms with Crippen molar-refractivity contribution in [3.63, 3.8) is 0 Å². The molecule has 0 radical (unpaired) electrons. The number of rotatable bonds is 8. The zero-order valence-corrected chi connectivity index (χ0v) is 15.8. The zero-order chi connectivity index (χ0) is 17.9. The van der Waals surface area contributed by atoms with Gasteiger partial charge in [-0.25, -0.2) is 23.1 Å². The minimum absolute atomic E-state index is 0.125. The van der Waals surface area contributed by atoms with Gasteiger partial charge in [0.1, 0.15) is 0 Å². The van der Waals surface area contributed by atoms with Gasteiger partial charge in [0.05, 0.1) is 11.9 Å². The topological polar surface area (TPSA) is 90.4 Å². The maximum absolute atomic E-state index is 11.3. The normalized spacial score (nSPS) is 12.1. The van der Waals surface area contributed by atoms with Crippen molar-refractivity contribution in [1.82, 2.24) is 14.6 Å². The maximum Gasteiger partial charge on any atom is 0.267 e. The van der Waals surface area contributed by atoms with E-state index in [1.54, 1.807) is 6.20 Å². The van der Waals surface area contributed by atoms with Crippen LogP contribution in [-0.2, 0) is 16.4 Å². The molecule has 1 aromatic carbocycles. The predicted molar refractivity (Wildman–Crippen MR) is 100 cm³/mol.